The van der Waals surface area contributed by atoms with E-state index >= 15 is 0 Å². The van der Waals surface area contributed by atoms with Gasteiger partial charge in [-0.15, -0.1) is 0 Å². The van der Waals surface area contributed by atoms with Gasteiger partial charge in [0, 0.05) is 5.54 Å². The van der Waals surface area contributed by atoms with E-state index in [-0.39, 0.29) is 0 Å². The normalized spacial score (nSPS) is 26.4. The summed E-state index contributed by atoms with van der Waals surface area (Å²) < 4.78 is 0. The van der Waals surface area contributed by atoms with Crippen LogP contribution in [-0.2, 0) is 0 Å². The van der Waals surface area contributed by atoms with E-state index in [2.05, 4.69) is 26.1 Å². The number of hydrogen-bond acceptors (Lipinski definition) is 1. The molecule has 0 radical (unpaired) electrons. The average molecular weight is 223 g/mol. The van der Waals surface area contributed by atoms with Crippen LogP contribution in [0, 0.1) is 11.3 Å². The van der Waals surface area contributed by atoms with Gasteiger partial charge in [0.2, 0.25) is 0 Å². The van der Waals surface area contributed by atoms with E-state index < -0.39 is 0 Å². The highest BCUT2D eigenvalue weighted by Gasteiger charge is 2.43. The van der Waals surface area contributed by atoms with Crippen molar-refractivity contribution in [2.24, 2.45) is 11.3 Å². The first-order valence-corrected chi connectivity index (χ1v) is 7.24. The Balaban J connectivity index is 1.71. The highest BCUT2D eigenvalue weighted by atomic mass is 14.9. The lowest BCUT2D eigenvalue weighted by molar-refractivity contribution is 0.0344. The van der Waals surface area contributed by atoms with Gasteiger partial charge in [0.15, 0.2) is 0 Å². The maximum absolute atomic E-state index is 3.66. The lowest BCUT2D eigenvalue weighted by Crippen LogP contribution is -2.46. The molecule has 0 aromatic rings. The second kappa shape index (κ2) is 4.68. The maximum Gasteiger partial charge on any atom is 0.00966 e. The largest absolute Gasteiger partial charge is 0.312 e. The second-order valence-electron chi connectivity index (χ2n) is 7.32. The highest BCUT2D eigenvalue weighted by molar-refractivity contribution is 4.95. The third-order valence-corrected chi connectivity index (χ3v) is 4.53. The van der Waals surface area contributed by atoms with Crippen molar-refractivity contribution in [2.45, 2.75) is 77.7 Å². The van der Waals surface area contributed by atoms with Gasteiger partial charge in [0.1, 0.15) is 0 Å². The smallest absolute Gasteiger partial charge is 0.00966 e. The fourth-order valence-electron chi connectivity index (χ4n) is 3.65. The molecule has 0 unspecified atom stereocenters. The molecular formula is C15H29N. The Morgan fingerprint density at radius 2 is 1.56 bits per heavy atom. The van der Waals surface area contributed by atoms with Crippen molar-refractivity contribution in [1.82, 2.24) is 5.32 Å². The van der Waals surface area contributed by atoms with E-state index in [0.717, 1.165) is 11.3 Å². The molecule has 2 saturated carbocycles. The maximum atomic E-state index is 3.66. The van der Waals surface area contributed by atoms with Gasteiger partial charge in [-0.25, -0.2) is 0 Å². The van der Waals surface area contributed by atoms with Gasteiger partial charge >= 0.3 is 0 Å². The Morgan fingerprint density at radius 1 is 1.00 bits per heavy atom. The highest BCUT2D eigenvalue weighted by Crippen LogP contribution is 2.53. The van der Waals surface area contributed by atoms with E-state index in [4.69, 9.17) is 0 Å². The molecule has 2 fully saturated rings. The average Bonchev–Trinajstić information content (AvgIpc) is 2.36. The number of rotatable bonds is 2. The zero-order chi connectivity index (χ0) is 11.6. The molecule has 16 heavy (non-hydrogen) atoms. The van der Waals surface area contributed by atoms with Crippen molar-refractivity contribution in [3.05, 3.63) is 0 Å². The lowest BCUT2D eigenvalue weighted by atomic mass is 9.58. The minimum atomic E-state index is 0.298. The van der Waals surface area contributed by atoms with Crippen LogP contribution in [0.25, 0.3) is 0 Å². The SMILES string of the molecule is CC(C)(C)NCC1CC2(CCCCCC2)C1. The molecular weight excluding hydrogens is 194 g/mol. The molecule has 2 aliphatic carbocycles. The standard InChI is InChI=1S/C15H29N/c1-14(2,3)16-12-13-10-15(11-13)8-6-4-5-7-9-15/h13,16H,4-12H2,1-3H3. The van der Waals surface area contributed by atoms with Gasteiger partial charge in [0.05, 0.1) is 0 Å². The Labute approximate surface area is 101 Å². The molecule has 1 spiro atoms. The summed E-state index contributed by atoms with van der Waals surface area (Å²) in [4.78, 5) is 0. The first kappa shape index (κ1) is 12.4. The van der Waals surface area contributed by atoms with Gasteiger partial charge in [-0.05, 0) is 64.3 Å². The summed E-state index contributed by atoms with van der Waals surface area (Å²) in [6.07, 6.45) is 12.1. The fraction of sp³-hybridized carbons (Fsp3) is 1.00. The van der Waals surface area contributed by atoms with Crippen LogP contribution in [0.2, 0.25) is 0 Å². The van der Waals surface area contributed by atoms with Gasteiger partial charge in [0.25, 0.3) is 0 Å². The monoisotopic (exact) mass is 223 g/mol. The van der Waals surface area contributed by atoms with Crippen molar-refractivity contribution in [1.29, 1.82) is 0 Å². The van der Waals surface area contributed by atoms with Crippen molar-refractivity contribution in [2.75, 3.05) is 6.54 Å². The lowest BCUT2D eigenvalue weighted by Gasteiger charge is -2.49. The minimum Gasteiger partial charge on any atom is -0.312 e. The van der Waals surface area contributed by atoms with Gasteiger partial charge in [-0.1, -0.05) is 25.7 Å². The first-order chi connectivity index (χ1) is 7.49. The predicted molar refractivity (Wildman–Crippen MR) is 70.6 cm³/mol. The van der Waals surface area contributed by atoms with Gasteiger partial charge in [-0.2, -0.15) is 0 Å². The Hall–Kier alpha value is -0.0400. The molecule has 2 aliphatic rings. The zero-order valence-electron chi connectivity index (χ0n) is 11.4. The molecule has 0 aliphatic heterocycles. The summed E-state index contributed by atoms with van der Waals surface area (Å²) in [5.41, 5.74) is 1.09. The van der Waals surface area contributed by atoms with E-state index in [1.54, 1.807) is 0 Å². The minimum absolute atomic E-state index is 0.298. The molecule has 2 rings (SSSR count). The fourth-order valence-corrected chi connectivity index (χ4v) is 3.65. The topological polar surface area (TPSA) is 12.0 Å². The molecule has 94 valence electrons. The summed E-state index contributed by atoms with van der Waals surface area (Å²) in [6, 6.07) is 0. The Morgan fingerprint density at radius 3 is 2.06 bits per heavy atom. The van der Waals surface area contributed by atoms with Crippen molar-refractivity contribution >= 4 is 0 Å². The summed E-state index contributed by atoms with van der Waals surface area (Å²) in [5.74, 6) is 0.970. The molecule has 1 N–H and O–H groups in total. The first-order valence-electron chi connectivity index (χ1n) is 7.24. The van der Waals surface area contributed by atoms with Crippen LogP contribution >= 0.6 is 0 Å². The molecule has 1 heteroatoms. The van der Waals surface area contributed by atoms with Crippen molar-refractivity contribution in [3.8, 4) is 0 Å². The molecule has 0 aromatic heterocycles. The Kier molecular flexibility index (Phi) is 3.63. The van der Waals surface area contributed by atoms with E-state index in [1.807, 2.05) is 0 Å². The van der Waals surface area contributed by atoms with Crippen molar-refractivity contribution in [3.63, 3.8) is 0 Å². The Bertz CT molecular complexity index is 210. The van der Waals surface area contributed by atoms with Crippen LogP contribution in [0.5, 0.6) is 0 Å². The third kappa shape index (κ3) is 3.23. The molecule has 0 heterocycles. The van der Waals surface area contributed by atoms with E-state index in [1.165, 1.54) is 57.9 Å². The van der Waals surface area contributed by atoms with Crippen LogP contribution in [0.4, 0.5) is 0 Å². The van der Waals surface area contributed by atoms with Crippen LogP contribution < -0.4 is 5.32 Å². The zero-order valence-corrected chi connectivity index (χ0v) is 11.4. The summed E-state index contributed by atoms with van der Waals surface area (Å²) in [7, 11) is 0. The molecule has 0 amide bonds. The van der Waals surface area contributed by atoms with E-state index in [9.17, 15) is 0 Å². The number of hydrogen-bond donors (Lipinski definition) is 1. The summed E-state index contributed by atoms with van der Waals surface area (Å²) in [6.45, 7) is 8.05. The van der Waals surface area contributed by atoms with E-state index in [0.29, 0.717) is 5.54 Å². The van der Waals surface area contributed by atoms with Gasteiger partial charge in [-0.3, -0.25) is 0 Å². The molecule has 0 saturated heterocycles. The van der Waals surface area contributed by atoms with Gasteiger partial charge < -0.3 is 5.32 Å². The predicted octanol–water partition coefficient (Wildman–Crippen LogP) is 4.13. The number of nitrogens with one attached hydrogen (secondary N) is 1. The molecule has 1 nitrogen and oxygen atoms in total. The molecule has 0 aromatic carbocycles. The van der Waals surface area contributed by atoms with Crippen molar-refractivity contribution < 1.29 is 0 Å². The summed E-state index contributed by atoms with van der Waals surface area (Å²) >= 11 is 0. The van der Waals surface area contributed by atoms with Crippen LogP contribution in [-0.4, -0.2) is 12.1 Å². The summed E-state index contributed by atoms with van der Waals surface area (Å²) in [5, 5.41) is 3.66. The van der Waals surface area contributed by atoms with Crippen LogP contribution in [0.3, 0.4) is 0 Å². The van der Waals surface area contributed by atoms with Crippen LogP contribution in [0.1, 0.15) is 72.1 Å². The molecule has 0 bridgehead atoms. The van der Waals surface area contributed by atoms with Crippen LogP contribution in [0.15, 0.2) is 0 Å². The quantitative estimate of drug-likeness (QED) is 0.742. The molecule has 0 atom stereocenters. The third-order valence-electron chi connectivity index (χ3n) is 4.53. The second-order valence-corrected chi connectivity index (χ2v) is 7.32.